The molecule has 6 heteroatoms. The Labute approximate surface area is 125 Å². The molecular formula is C15H24N4O2. The van der Waals surface area contributed by atoms with Crippen molar-refractivity contribution in [2.45, 2.75) is 32.4 Å². The van der Waals surface area contributed by atoms with Crippen molar-refractivity contribution in [2.24, 2.45) is 5.92 Å². The lowest BCUT2D eigenvalue weighted by atomic mass is 10.00. The minimum atomic E-state index is -0.176. The largest absolute Gasteiger partial charge is 0.372 e. The number of hydrogen-bond donors (Lipinski definition) is 1. The topological polar surface area (TPSA) is 59.4 Å². The quantitative estimate of drug-likeness (QED) is 0.874. The Balaban J connectivity index is 1.67. The summed E-state index contributed by atoms with van der Waals surface area (Å²) in [6, 6.07) is 1.70. The average molecular weight is 292 g/mol. The zero-order valence-electron chi connectivity index (χ0n) is 12.8. The molecular weight excluding hydrogens is 268 g/mol. The molecule has 0 saturated carbocycles. The van der Waals surface area contributed by atoms with Gasteiger partial charge in [0.15, 0.2) is 0 Å². The molecule has 0 unspecified atom stereocenters. The number of aromatic nitrogens is 2. The number of ether oxygens (including phenoxy) is 1. The highest BCUT2D eigenvalue weighted by Crippen LogP contribution is 2.21. The van der Waals surface area contributed by atoms with E-state index >= 15 is 0 Å². The van der Waals surface area contributed by atoms with Crippen molar-refractivity contribution in [1.82, 2.24) is 15.1 Å². The van der Waals surface area contributed by atoms with E-state index in [0.717, 1.165) is 38.3 Å². The molecule has 1 aromatic heterocycles. The van der Waals surface area contributed by atoms with E-state index in [1.54, 1.807) is 10.7 Å². The minimum Gasteiger partial charge on any atom is -0.372 e. The molecule has 0 aromatic carbocycles. The molecule has 3 heterocycles. The van der Waals surface area contributed by atoms with Gasteiger partial charge in [-0.3, -0.25) is 4.79 Å². The Kier molecular flexibility index (Phi) is 3.99. The van der Waals surface area contributed by atoms with Crippen LogP contribution in [-0.2, 0) is 11.3 Å². The third kappa shape index (κ3) is 3.44. The van der Waals surface area contributed by atoms with Crippen LogP contribution in [0.2, 0.25) is 0 Å². The first-order valence-corrected chi connectivity index (χ1v) is 7.70. The third-order valence-electron chi connectivity index (χ3n) is 4.26. The molecule has 0 amide bonds. The molecule has 2 aliphatic rings. The number of hydrogen-bond acceptors (Lipinski definition) is 5. The lowest BCUT2D eigenvalue weighted by Gasteiger charge is -2.39. The summed E-state index contributed by atoms with van der Waals surface area (Å²) in [5.41, 5.74) is 0.715. The molecule has 0 atom stereocenters. The van der Waals surface area contributed by atoms with Crippen LogP contribution in [0, 0.1) is 5.92 Å². The zero-order chi connectivity index (χ0) is 14.9. The number of anilines is 1. The second-order valence-corrected chi connectivity index (χ2v) is 6.62. The number of morpholine rings is 1. The van der Waals surface area contributed by atoms with E-state index in [1.165, 1.54) is 0 Å². The molecule has 3 rings (SSSR count). The summed E-state index contributed by atoms with van der Waals surface area (Å²) in [4.78, 5) is 14.4. The fraction of sp³-hybridized carbons (Fsp3) is 0.733. The fourth-order valence-electron chi connectivity index (χ4n) is 2.86. The minimum absolute atomic E-state index is 0.0101. The molecule has 1 N–H and O–H groups in total. The van der Waals surface area contributed by atoms with E-state index in [0.29, 0.717) is 19.1 Å². The summed E-state index contributed by atoms with van der Waals surface area (Å²) >= 11 is 0. The van der Waals surface area contributed by atoms with Gasteiger partial charge in [-0.25, -0.2) is 4.68 Å². The van der Waals surface area contributed by atoms with E-state index in [1.807, 2.05) is 6.20 Å². The van der Waals surface area contributed by atoms with Gasteiger partial charge in [-0.15, -0.1) is 0 Å². The standard InChI is InChI=1S/C15H24N4O2/c1-15(2)11-18(5-6-21-15)13-7-14(20)19(17-10-13)4-3-12-8-16-9-12/h7,10,12,16H,3-6,8-9,11H2,1-2H3. The third-order valence-corrected chi connectivity index (χ3v) is 4.26. The number of aryl methyl sites for hydroxylation is 1. The second-order valence-electron chi connectivity index (χ2n) is 6.62. The van der Waals surface area contributed by atoms with Crippen LogP contribution in [0.4, 0.5) is 5.69 Å². The van der Waals surface area contributed by atoms with Crippen molar-refractivity contribution in [3.05, 3.63) is 22.6 Å². The van der Waals surface area contributed by atoms with Crippen LogP contribution < -0.4 is 15.8 Å². The van der Waals surface area contributed by atoms with Crippen LogP contribution in [-0.4, -0.2) is 48.2 Å². The van der Waals surface area contributed by atoms with E-state index in [2.05, 4.69) is 29.2 Å². The van der Waals surface area contributed by atoms with Crippen LogP contribution in [0.1, 0.15) is 20.3 Å². The van der Waals surface area contributed by atoms with E-state index in [-0.39, 0.29) is 11.2 Å². The van der Waals surface area contributed by atoms with Gasteiger partial charge < -0.3 is 15.0 Å². The lowest BCUT2D eigenvalue weighted by molar-refractivity contribution is -0.0277. The summed E-state index contributed by atoms with van der Waals surface area (Å²) < 4.78 is 7.28. The maximum absolute atomic E-state index is 12.2. The van der Waals surface area contributed by atoms with Gasteiger partial charge in [0.2, 0.25) is 0 Å². The van der Waals surface area contributed by atoms with Crippen molar-refractivity contribution >= 4 is 5.69 Å². The first-order chi connectivity index (χ1) is 10.0. The van der Waals surface area contributed by atoms with Gasteiger partial charge in [-0.05, 0) is 39.3 Å². The molecule has 21 heavy (non-hydrogen) atoms. The van der Waals surface area contributed by atoms with Gasteiger partial charge in [0.05, 0.1) is 24.1 Å². The van der Waals surface area contributed by atoms with Gasteiger partial charge in [0.1, 0.15) is 0 Å². The molecule has 0 bridgehead atoms. The smallest absolute Gasteiger partial charge is 0.268 e. The van der Waals surface area contributed by atoms with Crippen molar-refractivity contribution in [3.63, 3.8) is 0 Å². The Morgan fingerprint density at radius 1 is 1.48 bits per heavy atom. The van der Waals surface area contributed by atoms with Crippen molar-refractivity contribution in [3.8, 4) is 0 Å². The first-order valence-electron chi connectivity index (χ1n) is 7.70. The SMILES string of the molecule is CC1(C)CN(c2cnn(CCC3CNC3)c(=O)c2)CCO1. The number of nitrogens with zero attached hydrogens (tertiary/aromatic N) is 3. The molecule has 6 nitrogen and oxygen atoms in total. The molecule has 1 aromatic rings. The van der Waals surface area contributed by atoms with Crippen LogP contribution in [0.5, 0.6) is 0 Å². The molecule has 0 spiro atoms. The number of rotatable bonds is 4. The molecule has 116 valence electrons. The monoisotopic (exact) mass is 292 g/mol. The zero-order valence-corrected chi connectivity index (χ0v) is 12.8. The summed E-state index contributed by atoms with van der Waals surface area (Å²) in [7, 11) is 0. The molecule has 2 fully saturated rings. The van der Waals surface area contributed by atoms with Gasteiger partial charge in [-0.1, -0.05) is 0 Å². The van der Waals surface area contributed by atoms with E-state index in [4.69, 9.17) is 4.74 Å². The molecule has 0 aliphatic carbocycles. The molecule has 0 radical (unpaired) electrons. The van der Waals surface area contributed by atoms with Gasteiger partial charge >= 0.3 is 0 Å². The Morgan fingerprint density at radius 2 is 2.29 bits per heavy atom. The van der Waals surface area contributed by atoms with Crippen molar-refractivity contribution < 1.29 is 4.74 Å². The maximum Gasteiger partial charge on any atom is 0.268 e. The average Bonchev–Trinajstić information content (AvgIpc) is 2.37. The van der Waals surface area contributed by atoms with Crippen LogP contribution in [0.25, 0.3) is 0 Å². The van der Waals surface area contributed by atoms with Crippen LogP contribution >= 0.6 is 0 Å². The summed E-state index contributed by atoms with van der Waals surface area (Å²) in [5, 5.41) is 7.58. The van der Waals surface area contributed by atoms with Crippen molar-refractivity contribution in [2.75, 3.05) is 37.7 Å². The summed E-state index contributed by atoms with van der Waals surface area (Å²) in [6.45, 7) is 9.26. The Hall–Kier alpha value is -1.40. The first kappa shape index (κ1) is 14.5. The van der Waals surface area contributed by atoms with Crippen LogP contribution in [0.3, 0.4) is 0 Å². The predicted octanol–water partition coefficient (Wildman–Crippen LogP) is 0.468. The summed E-state index contributed by atoms with van der Waals surface area (Å²) in [5.74, 6) is 0.693. The number of nitrogens with one attached hydrogen (secondary N) is 1. The predicted molar refractivity (Wildman–Crippen MR) is 81.7 cm³/mol. The second kappa shape index (κ2) is 5.77. The summed E-state index contributed by atoms with van der Waals surface area (Å²) in [6.07, 6.45) is 2.83. The van der Waals surface area contributed by atoms with Crippen molar-refractivity contribution in [1.29, 1.82) is 0 Å². The van der Waals surface area contributed by atoms with Gasteiger partial charge in [-0.2, -0.15) is 5.10 Å². The normalized spacial score (nSPS) is 22.1. The molecule has 2 saturated heterocycles. The van der Waals surface area contributed by atoms with Gasteiger partial charge in [0.25, 0.3) is 5.56 Å². The maximum atomic E-state index is 12.2. The lowest BCUT2D eigenvalue weighted by Crippen LogP contribution is -2.48. The van der Waals surface area contributed by atoms with Gasteiger partial charge in [0, 0.05) is 25.7 Å². The Bertz CT molecular complexity index is 551. The molecule has 2 aliphatic heterocycles. The van der Waals surface area contributed by atoms with E-state index < -0.39 is 0 Å². The highest BCUT2D eigenvalue weighted by molar-refractivity contribution is 5.43. The van der Waals surface area contributed by atoms with Crippen LogP contribution in [0.15, 0.2) is 17.1 Å². The highest BCUT2D eigenvalue weighted by Gasteiger charge is 2.27. The highest BCUT2D eigenvalue weighted by atomic mass is 16.5. The Morgan fingerprint density at radius 3 is 2.90 bits per heavy atom. The van der Waals surface area contributed by atoms with E-state index in [9.17, 15) is 4.79 Å². The fourth-order valence-corrected chi connectivity index (χ4v) is 2.86.